The van der Waals surface area contributed by atoms with E-state index in [1.165, 1.54) is 0 Å². The van der Waals surface area contributed by atoms with Crippen LogP contribution in [0.1, 0.15) is 33.1 Å². The highest BCUT2D eigenvalue weighted by atomic mass is 16.3. The third-order valence-corrected chi connectivity index (χ3v) is 1.23. The Morgan fingerprint density at radius 3 is 1.67 bits per heavy atom. The summed E-state index contributed by atoms with van der Waals surface area (Å²) in [6.45, 7) is 3.86. The average molecular weight is 222 g/mol. The summed E-state index contributed by atoms with van der Waals surface area (Å²) in [5, 5.41) is 31.0. The molecule has 0 bridgehead atoms. The van der Waals surface area contributed by atoms with Gasteiger partial charge in [0.15, 0.2) is 0 Å². The van der Waals surface area contributed by atoms with Gasteiger partial charge in [0.2, 0.25) is 0 Å². The molecule has 15 heavy (non-hydrogen) atoms. The summed E-state index contributed by atoms with van der Waals surface area (Å²) in [4.78, 5) is 0. The zero-order valence-corrected chi connectivity index (χ0v) is 10.1. The molecule has 1 atom stereocenters. The van der Waals surface area contributed by atoms with Gasteiger partial charge in [-0.3, -0.25) is 0 Å². The summed E-state index contributed by atoms with van der Waals surface area (Å²) in [5.74, 6) is 0. The fourth-order valence-electron chi connectivity index (χ4n) is 0.794. The van der Waals surface area contributed by atoms with E-state index in [9.17, 15) is 0 Å². The molecule has 0 saturated heterocycles. The Morgan fingerprint density at radius 1 is 1.13 bits per heavy atom. The van der Waals surface area contributed by atoms with Crippen molar-refractivity contribution >= 4 is 0 Å². The number of allylic oxidation sites excluding steroid dienone is 1. The molecule has 4 heteroatoms. The summed E-state index contributed by atoms with van der Waals surface area (Å²) in [7, 11) is 1.00. The maximum atomic E-state index is 8.82. The molecule has 4 N–H and O–H groups in total. The molecular formula is C11H26O4. The van der Waals surface area contributed by atoms with Gasteiger partial charge >= 0.3 is 0 Å². The maximum absolute atomic E-state index is 8.82. The summed E-state index contributed by atoms with van der Waals surface area (Å²) in [6, 6.07) is 0. The molecule has 4 nitrogen and oxygen atoms in total. The van der Waals surface area contributed by atoms with Gasteiger partial charge in [0.05, 0.1) is 6.10 Å². The second-order valence-corrected chi connectivity index (χ2v) is 2.56. The molecular weight excluding hydrogens is 196 g/mol. The minimum absolute atomic E-state index is 0.145. The highest BCUT2D eigenvalue weighted by Crippen LogP contribution is 2.08. The van der Waals surface area contributed by atoms with Crippen molar-refractivity contribution in [3.63, 3.8) is 0 Å². The lowest BCUT2D eigenvalue weighted by Crippen LogP contribution is -2.04. The van der Waals surface area contributed by atoms with E-state index in [2.05, 4.69) is 0 Å². The second-order valence-electron chi connectivity index (χ2n) is 2.56. The van der Waals surface area contributed by atoms with Crippen molar-refractivity contribution in [3.05, 3.63) is 12.2 Å². The van der Waals surface area contributed by atoms with Gasteiger partial charge in [-0.25, -0.2) is 0 Å². The van der Waals surface area contributed by atoms with Crippen LogP contribution in [0.4, 0.5) is 0 Å². The van der Waals surface area contributed by atoms with Gasteiger partial charge in [0, 0.05) is 20.3 Å². The van der Waals surface area contributed by atoms with Crippen LogP contribution < -0.4 is 0 Å². The standard InChI is InChI=1S/C6H10O.2C2H6O.CH4O/c7-6-4-2-1-3-5-6;2*1-2-3;1-2/h2,4,6-7H,1,3,5H2;2*3H,2H2,1H3;2H,1H3. The van der Waals surface area contributed by atoms with Crippen LogP contribution in [0.15, 0.2) is 12.2 Å². The van der Waals surface area contributed by atoms with Gasteiger partial charge in [0.1, 0.15) is 0 Å². The number of aliphatic hydroxyl groups is 4. The maximum Gasteiger partial charge on any atom is 0.0721 e. The van der Waals surface area contributed by atoms with Crippen molar-refractivity contribution in [2.75, 3.05) is 20.3 Å². The molecule has 1 rings (SSSR count). The topological polar surface area (TPSA) is 80.9 Å². The van der Waals surface area contributed by atoms with E-state index < -0.39 is 0 Å². The molecule has 0 aromatic carbocycles. The Hall–Kier alpha value is -0.420. The molecule has 0 aromatic heterocycles. The lowest BCUT2D eigenvalue weighted by Gasteiger charge is -2.07. The van der Waals surface area contributed by atoms with Gasteiger partial charge < -0.3 is 20.4 Å². The van der Waals surface area contributed by atoms with Gasteiger partial charge in [-0.15, -0.1) is 0 Å². The highest BCUT2D eigenvalue weighted by molar-refractivity contribution is 4.92. The Labute approximate surface area is 92.9 Å². The molecule has 0 saturated carbocycles. The van der Waals surface area contributed by atoms with Crippen LogP contribution >= 0.6 is 0 Å². The fourth-order valence-corrected chi connectivity index (χ4v) is 0.794. The average Bonchev–Trinajstić information content (AvgIpc) is 2.24. The molecule has 0 aromatic rings. The molecule has 94 valence electrons. The van der Waals surface area contributed by atoms with Gasteiger partial charge in [0.25, 0.3) is 0 Å². The minimum Gasteiger partial charge on any atom is -0.400 e. The number of aliphatic hydroxyl groups excluding tert-OH is 4. The third-order valence-electron chi connectivity index (χ3n) is 1.23. The Bertz CT molecular complexity index is 103. The van der Waals surface area contributed by atoms with Crippen LogP contribution in [0.5, 0.6) is 0 Å². The normalized spacial score (nSPS) is 17.1. The number of hydrogen-bond acceptors (Lipinski definition) is 4. The smallest absolute Gasteiger partial charge is 0.0721 e. The van der Waals surface area contributed by atoms with Crippen molar-refractivity contribution in [1.29, 1.82) is 0 Å². The van der Waals surface area contributed by atoms with Crippen molar-refractivity contribution < 1.29 is 20.4 Å². The highest BCUT2D eigenvalue weighted by Gasteiger charge is 2.00. The summed E-state index contributed by atoms with van der Waals surface area (Å²) < 4.78 is 0. The summed E-state index contributed by atoms with van der Waals surface area (Å²) >= 11 is 0. The van der Waals surface area contributed by atoms with E-state index in [-0.39, 0.29) is 19.3 Å². The predicted molar refractivity (Wildman–Crippen MR) is 62.7 cm³/mol. The van der Waals surface area contributed by atoms with Crippen molar-refractivity contribution in [1.82, 2.24) is 0 Å². The van der Waals surface area contributed by atoms with E-state index in [1.54, 1.807) is 13.8 Å². The zero-order chi connectivity index (χ0) is 12.5. The summed E-state index contributed by atoms with van der Waals surface area (Å²) in [6.07, 6.45) is 7.01. The molecule has 1 aliphatic carbocycles. The fraction of sp³-hybridized carbons (Fsp3) is 0.818. The lowest BCUT2D eigenvalue weighted by molar-refractivity contribution is 0.204. The minimum atomic E-state index is -0.145. The van der Waals surface area contributed by atoms with Crippen LogP contribution in [0, 0.1) is 0 Å². The first kappa shape index (κ1) is 20.1. The van der Waals surface area contributed by atoms with E-state index in [0.717, 1.165) is 26.4 Å². The molecule has 0 aliphatic heterocycles. The van der Waals surface area contributed by atoms with E-state index in [4.69, 9.17) is 20.4 Å². The molecule has 0 radical (unpaired) electrons. The van der Waals surface area contributed by atoms with Gasteiger partial charge in [-0.1, -0.05) is 12.2 Å². The van der Waals surface area contributed by atoms with Crippen LogP contribution in [0.3, 0.4) is 0 Å². The molecule has 0 fully saturated rings. The van der Waals surface area contributed by atoms with Crippen LogP contribution in [-0.4, -0.2) is 46.9 Å². The van der Waals surface area contributed by atoms with Crippen LogP contribution in [-0.2, 0) is 0 Å². The van der Waals surface area contributed by atoms with Gasteiger partial charge in [-0.2, -0.15) is 0 Å². The molecule has 0 heterocycles. The molecule has 0 spiro atoms. The van der Waals surface area contributed by atoms with Crippen molar-refractivity contribution in [2.24, 2.45) is 0 Å². The number of rotatable bonds is 0. The quantitative estimate of drug-likeness (QED) is 0.455. The van der Waals surface area contributed by atoms with E-state index >= 15 is 0 Å². The first-order valence-corrected chi connectivity index (χ1v) is 5.24. The Kier molecular flexibility index (Phi) is 31.3. The van der Waals surface area contributed by atoms with Gasteiger partial charge in [-0.05, 0) is 33.1 Å². The molecule has 1 aliphatic rings. The predicted octanol–water partition coefficient (Wildman–Crippen LogP) is 0.693. The van der Waals surface area contributed by atoms with E-state index in [1.807, 2.05) is 12.2 Å². The molecule has 1 unspecified atom stereocenters. The van der Waals surface area contributed by atoms with Crippen LogP contribution in [0.2, 0.25) is 0 Å². The lowest BCUT2D eigenvalue weighted by atomic mass is 10.1. The molecule has 0 amide bonds. The monoisotopic (exact) mass is 222 g/mol. The largest absolute Gasteiger partial charge is 0.400 e. The first-order valence-electron chi connectivity index (χ1n) is 5.24. The van der Waals surface area contributed by atoms with E-state index in [0.29, 0.717) is 0 Å². The Morgan fingerprint density at radius 2 is 1.53 bits per heavy atom. The Balaban J connectivity index is -0.000000154. The second kappa shape index (κ2) is 23.4. The third kappa shape index (κ3) is 31.7. The number of hydrogen-bond donors (Lipinski definition) is 4. The first-order chi connectivity index (χ1) is 7.22. The SMILES string of the molecule is CCO.CCO.CO.OC1C=CCCC1. The summed E-state index contributed by atoms with van der Waals surface area (Å²) in [5.41, 5.74) is 0. The van der Waals surface area contributed by atoms with Crippen molar-refractivity contribution in [3.8, 4) is 0 Å². The van der Waals surface area contributed by atoms with Crippen LogP contribution in [0.25, 0.3) is 0 Å². The van der Waals surface area contributed by atoms with Crippen molar-refractivity contribution in [2.45, 2.75) is 39.2 Å². The zero-order valence-electron chi connectivity index (χ0n) is 10.1.